The SMILES string of the molecule is CN(CC1CCC(O)CC1)C(C)(C)C. The molecule has 0 unspecified atom stereocenters. The Morgan fingerprint density at radius 3 is 2.07 bits per heavy atom. The largest absolute Gasteiger partial charge is 0.393 e. The molecule has 84 valence electrons. The Morgan fingerprint density at radius 1 is 1.14 bits per heavy atom. The zero-order chi connectivity index (χ0) is 10.8. The minimum Gasteiger partial charge on any atom is -0.393 e. The zero-order valence-electron chi connectivity index (χ0n) is 10.1. The summed E-state index contributed by atoms with van der Waals surface area (Å²) in [5.74, 6) is 0.794. The van der Waals surface area contributed by atoms with Gasteiger partial charge in [0.25, 0.3) is 0 Å². The number of nitrogens with zero attached hydrogens (tertiary/aromatic N) is 1. The van der Waals surface area contributed by atoms with Crippen LogP contribution in [-0.4, -0.2) is 35.2 Å². The second-order valence-electron chi connectivity index (χ2n) is 5.73. The lowest BCUT2D eigenvalue weighted by atomic mass is 9.86. The lowest BCUT2D eigenvalue weighted by Crippen LogP contribution is -2.41. The topological polar surface area (TPSA) is 23.5 Å². The average molecular weight is 199 g/mol. The van der Waals surface area contributed by atoms with Gasteiger partial charge in [-0.15, -0.1) is 0 Å². The molecule has 0 aromatic carbocycles. The van der Waals surface area contributed by atoms with Gasteiger partial charge in [0, 0.05) is 12.1 Å². The van der Waals surface area contributed by atoms with Crippen LogP contribution in [0.4, 0.5) is 0 Å². The highest BCUT2D eigenvalue weighted by molar-refractivity contribution is 4.79. The zero-order valence-corrected chi connectivity index (χ0v) is 10.1. The van der Waals surface area contributed by atoms with Crippen molar-refractivity contribution in [2.45, 2.75) is 58.1 Å². The van der Waals surface area contributed by atoms with Gasteiger partial charge in [-0.1, -0.05) is 0 Å². The van der Waals surface area contributed by atoms with Crippen molar-refractivity contribution < 1.29 is 5.11 Å². The van der Waals surface area contributed by atoms with Gasteiger partial charge in [0.05, 0.1) is 6.10 Å². The predicted octanol–water partition coefficient (Wildman–Crippen LogP) is 2.27. The van der Waals surface area contributed by atoms with Gasteiger partial charge in [0.1, 0.15) is 0 Å². The lowest BCUT2D eigenvalue weighted by molar-refractivity contribution is 0.0797. The van der Waals surface area contributed by atoms with Gasteiger partial charge >= 0.3 is 0 Å². The summed E-state index contributed by atoms with van der Waals surface area (Å²) in [4.78, 5) is 2.43. The molecule has 1 rings (SSSR count). The second-order valence-corrected chi connectivity index (χ2v) is 5.73. The van der Waals surface area contributed by atoms with Crippen LogP contribution in [0.1, 0.15) is 46.5 Å². The Hall–Kier alpha value is -0.0800. The van der Waals surface area contributed by atoms with Gasteiger partial charge < -0.3 is 10.0 Å². The molecule has 1 aliphatic carbocycles. The molecule has 1 N–H and O–H groups in total. The third-order valence-corrected chi connectivity index (χ3v) is 3.49. The Labute approximate surface area is 88.3 Å². The monoisotopic (exact) mass is 199 g/mol. The summed E-state index contributed by atoms with van der Waals surface area (Å²) in [5, 5.41) is 9.41. The summed E-state index contributed by atoms with van der Waals surface area (Å²) < 4.78 is 0. The molecule has 2 heteroatoms. The summed E-state index contributed by atoms with van der Waals surface area (Å²) in [5.41, 5.74) is 0.274. The molecular formula is C12H25NO. The second kappa shape index (κ2) is 4.63. The molecule has 0 aliphatic heterocycles. The Kier molecular flexibility index (Phi) is 3.96. The Bertz CT molecular complexity index is 166. The standard InChI is InChI=1S/C12H25NO/c1-12(2,3)13(4)9-10-5-7-11(14)8-6-10/h10-11,14H,5-9H2,1-4H3. The van der Waals surface area contributed by atoms with E-state index in [9.17, 15) is 5.11 Å². The van der Waals surface area contributed by atoms with Crippen molar-refractivity contribution in [1.29, 1.82) is 0 Å². The first-order valence-electron chi connectivity index (χ1n) is 5.79. The van der Waals surface area contributed by atoms with E-state index < -0.39 is 0 Å². The summed E-state index contributed by atoms with van der Waals surface area (Å²) in [7, 11) is 2.20. The quantitative estimate of drug-likeness (QED) is 0.737. The van der Waals surface area contributed by atoms with Gasteiger partial charge in [-0.25, -0.2) is 0 Å². The van der Waals surface area contributed by atoms with Crippen molar-refractivity contribution in [3.8, 4) is 0 Å². The Balaban J connectivity index is 2.31. The van der Waals surface area contributed by atoms with Crippen molar-refractivity contribution in [3.63, 3.8) is 0 Å². The van der Waals surface area contributed by atoms with Crippen LogP contribution in [0.25, 0.3) is 0 Å². The Morgan fingerprint density at radius 2 is 1.64 bits per heavy atom. The van der Waals surface area contributed by atoms with E-state index >= 15 is 0 Å². The minimum atomic E-state index is -0.0220. The van der Waals surface area contributed by atoms with E-state index in [4.69, 9.17) is 0 Å². The third-order valence-electron chi connectivity index (χ3n) is 3.49. The van der Waals surface area contributed by atoms with Crippen LogP contribution in [0.5, 0.6) is 0 Å². The number of aliphatic hydroxyl groups is 1. The maximum absolute atomic E-state index is 9.41. The summed E-state index contributed by atoms with van der Waals surface area (Å²) in [6.45, 7) is 7.94. The molecule has 0 aromatic heterocycles. The molecule has 0 radical (unpaired) electrons. The predicted molar refractivity (Wildman–Crippen MR) is 60.3 cm³/mol. The summed E-state index contributed by atoms with van der Waals surface area (Å²) in [6, 6.07) is 0. The highest BCUT2D eigenvalue weighted by atomic mass is 16.3. The van der Waals surface area contributed by atoms with Gasteiger partial charge in [-0.3, -0.25) is 0 Å². The molecule has 0 aromatic rings. The molecule has 0 heterocycles. The molecule has 1 aliphatic rings. The maximum Gasteiger partial charge on any atom is 0.0540 e. The third kappa shape index (κ3) is 3.58. The molecule has 1 saturated carbocycles. The first-order valence-corrected chi connectivity index (χ1v) is 5.79. The van der Waals surface area contributed by atoms with Crippen molar-refractivity contribution in [2.75, 3.05) is 13.6 Å². The van der Waals surface area contributed by atoms with Crippen LogP contribution < -0.4 is 0 Å². The van der Waals surface area contributed by atoms with Crippen molar-refractivity contribution in [2.24, 2.45) is 5.92 Å². The highest BCUT2D eigenvalue weighted by Gasteiger charge is 2.24. The average Bonchev–Trinajstić information content (AvgIpc) is 2.07. The van der Waals surface area contributed by atoms with Gasteiger partial charge in [0.15, 0.2) is 0 Å². The van der Waals surface area contributed by atoms with Gasteiger partial charge in [0.2, 0.25) is 0 Å². The van der Waals surface area contributed by atoms with Gasteiger partial charge in [-0.2, -0.15) is 0 Å². The van der Waals surface area contributed by atoms with Crippen LogP contribution in [0.2, 0.25) is 0 Å². The van der Waals surface area contributed by atoms with E-state index in [0.29, 0.717) is 0 Å². The van der Waals surface area contributed by atoms with Gasteiger partial charge in [-0.05, 0) is 59.4 Å². The van der Waals surface area contributed by atoms with Crippen molar-refractivity contribution in [3.05, 3.63) is 0 Å². The van der Waals surface area contributed by atoms with Crippen LogP contribution in [0, 0.1) is 5.92 Å². The van der Waals surface area contributed by atoms with E-state index in [0.717, 1.165) is 18.8 Å². The number of aliphatic hydroxyl groups excluding tert-OH is 1. The molecule has 0 atom stereocenters. The number of hydrogen-bond acceptors (Lipinski definition) is 2. The molecule has 0 spiro atoms. The van der Waals surface area contributed by atoms with Crippen LogP contribution in [-0.2, 0) is 0 Å². The summed E-state index contributed by atoms with van der Waals surface area (Å²) in [6.07, 6.45) is 4.38. The molecule has 14 heavy (non-hydrogen) atoms. The summed E-state index contributed by atoms with van der Waals surface area (Å²) >= 11 is 0. The van der Waals surface area contributed by atoms with Crippen LogP contribution in [0.3, 0.4) is 0 Å². The van der Waals surface area contributed by atoms with Crippen LogP contribution in [0.15, 0.2) is 0 Å². The fraction of sp³-hybridized carbons (Fsp3) is 1.00. The molecule has 0 bridgehead atoms. The fourth-order valence-corrected chi connectivity index (χ4v) is 1.99. The molecule has 2 nitrogen and oxygen atoms in total. The van der Waals surface area contributed by atoms with E-state index in [1.54, 1.807) is 0 Å². The van der Waals surface area contributed by atoms with E-state index in [-0.39, 0.29) is 11.6 Å². The van der Waals surface area contributed by atoms with E-state index in [1.165, 1.54) is 19.4 Å². The molecule has 0 amide bonds. The first-order chi connectivity index (χ1) is 6.39. The minimum absolute atomic E-state index is 0.0220. The normalized spacial score (nSPS) is 29.6. The van der Waals surface area contributed by atoms with Crippen molar-refractivity contribution in [1.82, 2.24) is 4.90 Å². The first kappa shape index (κ1) is 12.0. The maximum atomic E-state index is 9.41. The number of hydrogen-bond donors (Lipinski definition) is 1. The lowest BCUT2D eigenvalue weighted by Gasteiger charge is -2.36. The van der Waals surface area contributed by atoms with Crippen LogP contribution >= 0.6 is 0 Å². The van der Waals surface area contributed by atoms with E-state index in [2.05, 4.69) is 32.7 Å². The fourth-order valence-electron chi connectivity index (χ4n) is 1.99. The molecular weight excluding hydrogens is 174 g/mol. The van der Waals surface area contributed by atoms with Crippen molar-refractivity contribution >= 4 is 0 Å². The molecule has 1 fully saturated rings. The number of rotatable bonds is 2. The van der Waals surface area contributed by atoms with E-state index in [1.807, 2.05) is 0 Å². The smallest absolute Gasteiger partial charge is 0.0540 e. The highest BCUT2D eigenvalue weighted by Crippen LogP contribution is 2.26. The molecule has 0 saturated heterocycles.